The van der Waals surface area contributed by atoms with Crippen LogP contribution in [-0.4, -0.2) is 18.8 Å². The lowest BCUT2D eigenvalue weighted by atomic mass is 9.76. The fraction of sp³-hybridized carbons (Fsp3) is 0.625. The number of methoxy groups -OCH3 is 1. The van der Waals surface area contributed by atoms with E-state index in [1.165, 1.54) is 0 Å². The average molecular weight is 342 g/mol. The van der Waals surface area contributed by atoms with Crippen molar-refractivity contribution in [1.29, 1.82) is 0 Å². The largest absolute Gasteiger partial charge is 0.497 e. The van der Waals surface area contributed by atoms with Gasteiger partial charge in [-0.1, -0.05) is 29.3 Å². The Morgan fingerprint density at radius 1 is 1.55 bits per heavy atom. The molecule has 0 amide bonds. The van der Waals surface area contributed by atoms with Gasteiger partial charge in [-0.15, -0.1) is 0 Å². The van der Waals surface area contributed by atoms with Gasteiger partial charge in [0.05, 0.1) is 13.2 Å². The van der Waals surface area contributed by atoms with Crippen molar-refractivity contribution in [3.05, 3.63) is 28.2 Å². The highest BCUT2D eigenvalue weighted by molar-refractivity contribution is 9.10. The van der Waals surface area contributed by atoms with Gasteiger partial charge in [0.1, 0.15) is 5.75 Å². The van der Waals surface area contributed by atoms with Crippen molar-refractivity contribution in [2.45, 2.75) is 38.7 Å². The number of hydrogen-bond acceptors (Lipinski definition) is 3. The minimum absolute atomic E-state index is 0.199. The van der Waals surface area contributed by atoms with Crippen LogP contribution in [0.2, 0.25) is 0 Å². The van der Waals surface area contributed by atoms with Crippen LogP contribution in [0.25, 0.3) is 0 Å². The third kappa shape index (κ3) is 2.87. The third-order valence-electron chi connectivity index (χ3n) is 4.81. The molecule has 4 heteroatoms. The first-order chi connectivity index (χ1) is 9.56. The molecular weight excluding hydrogens is 318 g/mol. The van der Waals surface area contributed by atoms with E-state index >= 15 is 0 Å². The molecular formula is C16H24BrNO2. The maximum atomic E-state index is 10.9. The molecule has 20 heavy (non-hydrogen) atoms. The molecule has 2 rings (SSSR count). The Morgan fingerprint density at radius 3 is 2.85 bits per heavy atom. The normalized spacial score (nSPS) is 27.6. The summed E-state index contributed by atoms with van der Waals surface area (Å²) in [5.41, 5.74) is 6.72. The Labute approximate surface area is 129 Å². The van der Waals surface area contributed by atoms with Gasteiger partial charge in [0.25, 0.3) is 0 Å². The standard InChI is InChI=1S/C16H24BrNO2/c1-3-11-6-7-16(9-11,10-18)15(19)13-8-12(20-2)4-5-14(13)17/h4-5,8,11,15,19H,3,6-7,9-10,18H2,1-2H3. The lowest BCUT2D eigenvalue weighted by molar-refractivity contribution is 0.0294. The third-order valence-corrected chi connectivity index (χ3v) is 5.53. The Bertz CT molecular complexity index is 466. The molecule has 1 aliphatic rings. The van der Waals surface area contributed by atoms with Crippen LogP contribution in [0.15, 0.2) is 22.7 Å². The van der Waals surface area contributed by atoms with Crippen molar-refractivity contribution in [3.63, 3.8) is 0 Å². The van der Waals surface area contributed by atoms with Gasteiger partial charge in [-0.3, -0.25) is 0 Å². The first-order valence-electron chi connectivity index (χ1n) is 7.28. The Hall–Kier alpha value is -0.580. The number of aliphatic hydroxyl groups excluding tert-OH is 1. The van der Waals surface area contributed by atoms with E-state index in [4.69, 9.17) is 10.5 Å². The molecule has 0 aliphatic heterocycles. The van der Waals surface area contributed by atoms with Gasteiger partial charge in [0, 0.05) is 16.4 Å². The maximum Gasteiger partial charge on any atom is 0.119 e. The molecule has 3 nitrogen and oxygen atoms in total. The minimum atomic E-state index is -0.548. The molecule has 3 atom stereocenters. The molecule has 112 valence electrons. The van der Waals surface area contributed by atoms with Gasteiger partial charge in [0.15, 0.2) is 0 Å². The summed E-state index contributed by atoms with van der Waals surface area (Å²) in [5, 5.41) is 10.9. The monoisotopic (exact) mass is 341 g/mol. The summed E-state index contributed by atoms with van der Waals surface area (Å²) in [7, 11) is 1.64. The smallest absolute Gasteiger partial charge is 0.119 e. The highest BCUT2D eigenvalue weighted by Gasteiger charge is 2.44. The van der Waals surface area contributed by atoms with Gasteiger partial charge in [0.2, 0.25) is 0 Å². The number of nitrogens with two attached hydrogens (primary N) is 1. The predicted molar refractivity (Wildman–Crippen MR) is 84.8 cm³/mol. The molecule has 1 aromatic rings. The topological polar surface area (TPSA) is 55.5 Å². The van der Waals surface area contributed by atoms with Crippen molar-refractivity contribution in [1.82, 2.24) is 0 Å². The van der Waals surface area contributed by atoms with Gasteiger partial charge >= 0.3 is 0 Å². The van der Waals surface area contributed by atoms with Crippen LogP contribution < -0.4 is 10.5 Å². The first-order valence-corrected chi connectivity index (χ1v) is 8.07. The van der Waals surface area contributed by atoms with E-state index in [1.807, 2.05) is 18.2 Å². The number of rotatable bonds is 5. The number of hydrogen-bond donors (Lipinski definition) is 2. The van der Waals surface area contributed by atoms with Crippen LogP contribution in [-0.2, 0) is 0 Å². The summed E-state index contributed by atoms with van der Waals surface area (Å²) in [4.78, 5) is 0. The zero-order chi connectivity index (χ0) is 14.8. The van der Waals surface area contributed by atoms with Crippen molar-refractivity contribution >= 4 is 15.9 Å². The van der Waals surface area contributed by atoms with E-state index < -0.39 is 6.10 Å². The highest BCUT2D eigenvalue weighted by Crippen LogP contribution is 2.51. The van der Waals surface area contributed by atoms with Gasteiger partial charge in [-0.2, -0.15) is 0 Å². The van der Waals surface area contributed by atoms with Crippen LogP contribution >= 0.6 is 15.9 Å². The average Bonchev–Trinajstić information content (AvgIpc) is 2.92. The summed E-state index contributed by atoms with van der Waals surface area (Å²) in [6, 6.07) is 5.72. The molecule has 3 unspecified atom stereocenters. The molecule has 0 bridgehead atoms. The molecule has 0 heterocycles. The van der Waals surface area contributed by atoms with Crippen molar-refractivity contribution < 1.29 is 9.84 Å². The summed E-state index contributed by atoms with van der Waals surface area (Å²) in [6.45, 7) is 2.74. The molecule has 1 aliphatic carbocycles. The van der Waals surface area contributed by atoms with Crippen molar-refractivity contribution in [2.24, 2.45) is 17.1 Å². The van der Waals surface area contributed by atoms with E-state index in [0.717, 1.165) is 41.5 Å². The second kappa shape index (κ2) is 6.46. The molecule has 0 saturated heterocycles. The van der Waals surface area contributed by atoms with Crippen LogP contribution in [0, 0.1) is 11.3 Å². The highest BCUT2D eigenvalue weighted by atomic mass is 79.9. The summed E-state index contributed by atoms with van der Waals surface area (Å²) < 4.78 is 6.18. The first kappa shape index (κ1) is 15.8. The second-order valence-corrected chi connectivity index (χ2v) is 6.73. The zero-order valence-corrected chi connectivity index (χ0v) is 13.8. The molecule has 3 N–H and O–H groups in total. The molecule has 0 aromatic heterocycles. The van der Waals surface area contributed by atoms with E-state index in [-0.39, 0.29) is 5.41 Å². The quantitative estimate of drug-likeness (QED) is 0.859. The Kier molecular flexibility index (Phi) is 5.10. The van der Waals surface area contributed by atoms with Crippen LogP contribution in [0.3, 0.4) is 0 Å². The molecule has 1 fully saturated rings. The lowest BCUT2D eigenvalue weighted by Gasteiger charge is -2.34. The zero-order valence-electron chi connectivity index (χ0n) is 12.2. The SMILES string of the molecule is CCC1CCC(CN)(C(O)c2cc(OC)ccc2Br)C1. The van der Waals surface area contributed by atoms with Gasteiger partial charge < -0.3 is 15.6 Å². The summed E-state index contributed by atoms with van der Waals surface area (Å²) in [5.74, 6) is 1.44. The van der Waals surface area contributed by atoms with Gasteiger partial charge in [-0.25, -0.2) is 0 Å². The molecule has 0 spiro atoms. The van der Waals surface area contributed by atoms with Crippen LogP contribution in [0.4, 0.5) is 0 Å². The molecule has 1 aromatic carbocycles. The fourth-order valence-electron chi connectivity index (χ4n) is 3.35. The number of benzene rings is 1. The van der Waals surface area contributed by atoms with Crippen LogP contribution in [0.5, 0.6) is 5.75 Å². The molecule has 1 saturated carbocycles. The Morgan fingerprint density at radius 2 is 2.30 bits per heavy atom. The van der Waals surface area contributed by atoms with E-state index in [2.05, 4.69) is 22.9 Å². The molecule has 0 radical (unpaired) electrons. The number of ether oxygens (including phenoxy) is 1. The van der Waals surface area contributed by atoms with Crippen molar-refractivity contribution in [2.75, 3.05) is 13.7 Å². The van der Waals surface area contributed by atoms with E-state index in [9.17, 15) is 5.11 Å². The fourth-order valence-corrected chi connectivity index (χ4v) is 3.82. The summed E-state index contributed by atoms with van der Waals surface area (Å²) in [6.07, 6.45) is 3.77. The van der Waals surface area contributed by atoms with E-state index in [1.54, 1.807) is 7.11 Å². The Balaban J connectivity index is 2.31. The predicted octanol–water partition coefficient (Wildman–Crippen LogP) is 3.65. The van der Waals surface area contributed by atoms with Gasteiger partial charge in [-0.05, 0) is 48.9 Å². The number of halogens is 1. The summed E-state index contributed by atoms with van der Waals surface area (Å²) >= 11 is 3.54. The lowest BCUT2D eigenvalue weighted by Crippen LogP contribution is -2.34. The minimum Gasteiger partial charge on any atom is -0.497 e. The maximum absolute atomic E-state index is 10.9. The van der Waals surface area contributed by atoms with Crippen LogP contribution in [0.1, 0.15) is 44.3 Å². The van der Waals surface area contributed by atoms with Crippen molar-refractivity contribution in [3.8, 4) is 5.75 Å². The van der Waals surface area contributed by atoms with E-state index in [0.29, 0.717) is 12.5 Å². The number of aliphatic hydroxyl groups is 1. The second-order valence-electron chi connectivity index (χ2n) is 5.87.